The molecule has 0 aliphatic heterocycles. The van der Waals surface area contributed by atoms with E-state index in [4.69, 9.17) is 13.6 Å². The molecule has 5 rings (SSSR count). The third-order valence-electron chi connectivity index (χ3n) is 7.19. The average Bonchev–Trinajstić information content (AvgIpc) is 3.49. The summed E-state index contributed by atoms with van der Waals surface area (Å²) in [7, 11) is -4.21. The number of ether oxygens (including phenoxy) is 1. The Balaban J connectivity index is 1.44. The van der Waals surface area contributed by atoms with Gasteiger partial charge >= 0.3 is 11.7 Å². The molecule has 46 heavy (non-hydrogen) atoms. The Kier molecular flexibility index (Phi) is 9.51. The molecule has 0 saturated heterocycles. The highest BCUT2D eigenvalue weighted by Crippen LogP contribution is 2.35. The molecule has 2 heterocycles. The van der Waals surface area contributed by atoms with Crippen molar-refractivity contribution in [1.29, 1.82) is 0 Å². The van der Waals surface area contributed by atoms with Crippen LogP contribution in [-0.2, 0) is 16.4 Å². The van der Waals surface area contributed by atoms with Gasteiger partial charge in [-0.2, -0.15) is 4.31 Å². The smallest absolute Gasteiger partial charge is 0.413 e. The first kappa shape index (κ1) is 32.3. The third-order valence-corrected chi connectivity index (χ3v) is 9.03. The van der Waals surface area contributed by atoms with Gasteiger partial charge < -0.3 is 24.0 Å². The number of non-ortho nitro benzene ring substituents is 1. The number of hydrogen-bond donors (Lipinski definition) is 2. The SMILES string of the molecule is CC(C)CN(C[C@@H](O)[C@H](Cc1ccccc1)NC(=O)Oc1c2occc2cc2ccc(=O)oc12)S(=O)(=O)c1ccc([N+](=O)[O-])cc1. The van der Waals surface area contributed by atoms with E-state index in [1.807, 2.05) is 0 Å². The summed E-state index contributed by atoms with van der Waals surface area (Å²) in [5, 5.41) is 26.3. The van der Waals surface area contributed by atoms with Gasteiger partial charge in [0.2, 0.25) is 15.8 Å². The molecule has 0 saturated carbocycles. The van der Waals surface area contributed by atoms with Gasteiger partial charge in [-0.25, -0.2) is 18.0 Å². The van der Waals surface area contributed by atoms with Crippen LogP contribution in [0.1, 0.15) is 19.4 Å². The summed E-state index contributed by atoms with van der Waals surface area (Å²) < 4.78 is 44.9. The largest absolute Gasteiger partial charge is 0.460 e. The number of carbonyl (C=O) groups is 1. The summed E-state index contributed by atoms with van der Waals surface area (Å²) in [6.07, 6.45) is -0.952. The van der Waals surface area contributed by atoms with Crippen LogP contribution < -0.4 is 15.7 Å². The fraction of sp³-hybridized carbons (Fsp3) is 0.250. The van der Waals surface area contributed by atoms with Gasteiger partial charge in [0.1, 0.15) is 0 Å². The van der Waals surface area contributed by atoms with Crippen molar-refractivity contribution in [3.8, 4) is 5.75 Å². The highest BCUT2D eigenvalue weighted by atomic mass is 32.2. The zero-order valence-corrected chi connectivity index (χ0v) is 25.7. The Morgan fingerprint density at radius 1 is 1.00 bits per heavy atom. The molecular weight excluding hydrogens is 618 g/mol. The predicted molar refractivity (Wildman–Crippen MR) is 168 cm³/mol. The highest BCUT2D eigenvalue weighted by Gasteiger charge is 2.32. The van der Waals surface area contributed by atoms with Gasteiger partial charge in [0.15, 0.2) is 11.2 Å². The van der Waals surface area contributed by atoms with Gasteiger partial charge in [0.05, 0.1) is 28.2 Å². The molecule has 240 valence electrons. The number of nitrogens with one attached hydrogen (secondary N) is 1. The molecule has 13 nitrogen and oxygen atoms in total. The number of nitro benzene ring substituents is 1. The molecule has 0 spiro atoms. The molecule has 1 amide bonds. The minimum absolute atomic E-state index is 0.0115. The molecule has 0 fully saturated rings. The number of furan rings is 1. The molecule has 2 N–H and O–H groups in total. The van der Waals surface area contributed by atoms with Gasteiger partial charge in [-0.3, -0.25) is 10.1 Å². The molecule has 14 heteroatoms. The van der Waals surface area contributed by atoms with E-state index in [0.29, 0.717) is 10.8 Å². The Bertz CT molecular complexity index is 2020. The molecule has 0 bridgehead atoms. The summed E-state index contributed by atoms with van der Waals surface area (Å²) in [4.78, 5) is 35.7. The second-order valence-corrected chi connectivity index (χ2v) is 13.0. The van der Waals surface area contributed by atoms with Crippen molar-refractivity contribution < 1.29 is 36.8 Å². The summed E-state index contributed by atoms with van der Waals surface area (Å²) in [6, 6.07) is 18.5. The fourth-order valence-corrected chi connectivity index (χ4v) is 6.65. The summed E-state index contributed by atoms with van der Waals surface area (Å²) >= 11 is 0. The molecule has 2 aromatic heterocycles. The van der Waals surface area contributed by atoms with Crippen molar-refractivity contribution in [2.45, 2.75) is 37.3 Å². The molecule has 0 radical (unpaired) electrons. The number of amides is 1. The maximum absolute atomic E-state index is 13.7. The lowest BCUT2D eigenvalue weighted by Gasteiger charge is -2.30. The quantitative estimate of drug-likeness (QED) is 0.108. The number of nitro groups is 1. The van der Waals surface area contributed by atoms with Crippen LogP contribution in [-0.4, -0.2) is 54.1 Å². The van der Waals surface area contributed by atoms with Crippen molar-refractivity contribution in [3.63, 3.8) is 0 Å². The summed E-state index contributed by atoms with van der Waals surface area (Å²) in [5.74, 6) is -0.287. The number of fused-ring (bicyclic) bond motifs is 2. The Morgan fingerprint density at radius 2 is 1.70 bits per heavy atom. The van der Waals surface area contributed by atoms with Crippen molar-refractivity contribution >= 4 is 43.7 Å². The van der Waals surface area contributed by atoms with E-state index in [9.17, 15) is 33.2 Å². The molecule has 5 aromatic rings. The van der Waals surface area contributed by atoms with Crippen LogP contribution in [0, 0.1) is 16.0 Å². The number of hydrogen-bond acceptors (Lipinski definition) is 10. The van der Waals surface area contributed by atoms with Crippen molar-refractivity contribution in [3.05, 3.63) is 111 Å². The van der Waals surface area contributed by atoms with Crippen molar-refractivity contribution in [1.82, 2.24) is 9.62 Å². The first-order valence-electron chi connectivity index (χ1n) is 14.3. The molecular formula is C32H31N3O10S. The number of aliphatic hydroxyl groups excluding tert-OH is 1. The van der Waals surface area contributed by atoms with E-state index < -0.39 is 45.4 Å². The topological polar surface area (TPSA) is 182 Å². The van der Waals surface area contributed by atoms with Crippen LogP contribution in [0.25, 0.3) is 21.9 Å². The molecule has 0 unspecified atom stereocenters. The van der Waals surface area contributed by atoms with Gasteiger partial charge in [-0.15, -0.1) is 0 Å². The number of aliphatic hydroxyl groups is 1. The Hall–Kier alpha value is -5.05. The van der Waals surface area contributed by atoms with E-state index in [1.165, 1.54) is 18.4 Å². The van der Waals surface area contributed by atoms with E-state index in [-0.39, 0.29) is 46.4 Å². The van der Waals surface area contributed by atoms with Gasteiger partial charge in [-0.05, 0) is 48.2 Å². The summed E-state index contributed by atoms with van der Waals surface area (Å²) in [5.41, 5.74) is -0.0417. The van der Waals surface area contributed by atoms with Gasteiger partial charge in [0, 0.05) is 42.1 Å². The molecule has 0 aliphatic carbocycles. The van der Waals surface area contributed by atoms with Crippen molar-refractivity contribution in [2.75, 3.05) is 13.1 Å². The van der Waals surface area contributed by atoms with Crippen molar-refractivity contribution in [2.24, 2.45) is 5.92 Å². The van der Waals surface area contributed by atoms with E-state index >= 15 is 0 Å². The monoisotopic (exact) mass is 649 g/mol. The highest BCUT2D eigenvalue weighted by molar-refractivity contribution is 7.89. The molecule has 0 aliphatic rings. The van der Waals surface area contributed by atoms with Crippen LogP contribution in [0.2, 0.25) is 0 Å². The fourth-order valence-electron chi connectivity index (χ4n) is 5.03. The standard InChI is InChI=1S/C32H31N3O10S/c1-20(2)18-34(46(41,42)25-11-9-24(10-12-25)35(39)40)19-27(36)26(16-21-6-4-3-5-7-21)33-32(38)45-31-29-23(14-15-43-29)17-22-8-13-28(37)44-30(22)31/h3-15,17,20,26-27,36H,16,18-19H2,1-2H3,(H,33,38)/t26-,27+/m0/s1. The number of sulfonamides is 1. The first-order valence-corrected chi connectivity index (χ1v) is 15.8. The Morgan fingerprint density at radius 3 is 2.37 bits per heavy atom. The second-order valence-electron chi connectivity index (χ2n) is 11.1. The lowest BCUT2D eigenvalue weighted by Crippen LogP contribution is -2.51. The number of nitrogens with zero attached hydrogens (tertiary/aromatic N) is 2. The van der Waals surface area contributed by atoms with E-state index in [1.54, 1.807) is 56.3 Å². The van der Waals surface area contributed by atoms with E-state index in [2.05, 4.69) is 5.32 Å². The predicted octanol–water partition coefficient (Wildman–Crippen LogP) is 4.85. The lowest BCUT2D eigenvalue weighted by molar-refractivity contribution is -0.384. The third kappa shape index (κ3) is 7.25. The Labute approximate surface area is 263 Å². The van der Waals surface area contributed by atoms with Crippen LogP contribution >= 0.6 is 0 Å². The minimum Gasteiger partial charge on any atom is -0.460 e. The number of carbonyl (C=O) groups excluding carboxylic acids is 1. The van der Waals surface area contributed by atoms with Crippen LogP contribution in [0.4, 0.5) is 10.5 Å². The number of rotatable bonds is 12. The molecule has 3 aromatic carbocycles. The summed E-state index contributed by atoms with van der Waals surface area (Å²) in [6.45, 7) is 3.21. The molecule has 2 atom stereocenters. The maximum Gasteiger partial charge on any atom is 0.413 e. The van der Waals surface area contributed by atoms with Crippen LogP contribution in [0.5, 0.6) is 5.75 Å². The average molecular weight is 650 g/mol. The second kappa shape index (κ2) is 13.5. The van der Waals surface area contributed by atoms with Crippen LogP contribution in [0.15, 0.2) is 104 Å². The zero-order chi connectivity index (χ0) is 33.0. The van der Waals surface area contributed by atoms with Crippen LogP contribution in [0.3, 0.4) is 0 Å². The zero-order valence-electron chi connectivity index (χ0n) is 24.9. The van der Waals surface area contributed by atoms with Gasteiger partial charge in [-0.1, -0.05) is 44.2 Å². The maximum atomic E-state index is 13.7. The van der Waals surface area contributed by atoms with Gasteiger partial charge in [0.25, 0.3) is 5.69 Å². The number of benzene rings is 3. The van der Waals surface area contributed by atoms with E-state index in [0.717, 1.165) is 34.1 Å². The minimum atomic E-state index is -4.21. The first-order chi connectivity index (χ1) is 21.9. The normalized spacial score (nSPS) is 13.2. The lowest BCUT2D eigenvalue weighted by atomic mass is 10.0.